The van der Waals surface area contributed by atoms with E-state index in [0.717, 1.165) is 13.2 Å². The van der Waals surface area contributed by atoms with Crippen molar-refractivity contribution >= 4 is 43.1 Å². The van der Waals surface area contributed by atoms with E-state index in [0.29, 0.717) is 0 Å². The summed E-state index contributed by atoms with van der Waals surface area (Å²) in [7, 11) is -1.66. The van der Waals surface area contributed by atoms with Crippen molar-refractivity contribution in [3.8, 4) is 0 Å². The van der Waals surface area contributed by atoms with Crippen LogP contribution in [0.4, 0.5) is 0 Å². The highest BCUT2D eigenvalue weighted by molar-refractivity contribution is 6.71. The maximum atomic E-state index is 5.65. The van der Waals surface area contributed by atoms with Gasteiger partial charge in [0, 0.05) is 13.2 Å². The number of rotatable bonds is 5. The van der Waals surface area contributed by atoms with E-state index in [-0.39, 0.29) is 5.88 Å². The summed E-state index contributed by atoms with van der Waals surface area (Å²) in [5, 5.41) is 0. The Morgan fingerprint density at radius 2 is 1.47 bits per heavy atom. The summed E-state index contributed by atoms with van der Waals surface area (Å²) in [4.78, 5) is 0. The average molecular weight is 296 g/mol. The van der Waals surface area contributed by atoms with Crippen molar-refractivity contribution in [2.75, 3.05) is 19.1 Å². The Balaban J connectivity index is 0. The molecule has 0 unspecified atom stereocenters. The van der Waals surface area contributed by atoms with Crippen LogP contribution >= 0.6 is 34.8 Å². The minimum atomic E-state index is -1.66. The quantitative estimate of drug-likeness (QED) is 0.557. The molecule has 0 aliphatic carbocycles. The predicted octanol–water partition coefficient (Wildman–Crippen LogP) is 4.25. The van der Waals surface area contributed by atoms with Gasteiger partial charge in [-0.25, -0.2) is 0 Å². The Hall–Kier alpha value is 1.01. The zero-order valence-corrected chi connectivity index (χ0v) is 13.3. The Bertz CT molecular complexity index is 147. The third kappa shape index (κ3) is 17.6. The molecule has 15 heavy (non-hydrogen) atoms. The lowest BCUT2D eigenvalue weighted by Crippen LogP contribution is -2.36. The van der Waals surface area contributed by atoms with E-state index in [4.69, 9.17) is 44.0 Å². The first-order chi connectivity index (χ1) is 6.68. The molecule has 0 aliphatic heterocycles. The summed E-state index contributed by atoms with van der Waals surface area (Å²) < 4.78 is 8.94. The monoisotopic (exact) mass is 294 g/mol. The van der Waals surface area contributed by atoms with Crippen LogP contribution in [0.25, 0.3) is 0 Å². The van der Waals surface area contributed by atoms with Gasteiger partial charge in [0.15, 0.2) is 8.32 Å². The largest absolute Gasteiger partial charge is 0.387 e. The molecular weight excluding hydrogens is 275 g/mol. The van der Waals surface area contributed by atoms with E-state index >= 15 is 0 Å². The molecule has 0 saturated heterocycles. The second-order valence-electron chi connectivity index (χ2n) is 3.77. The van der Waals surface area contributed by atoms with Crippen molar-refractivity contribution in [3.05, 3.63) is 0 Å². The first-order valence-corrected chi connectivity index (χ1v) is 9.60. The summed E-state index contributed by atoms with van der Waals surface area (Å²) in [5.41, 5.74) is 0. The number of alkyl halides is 3. The summed E-state index contributed by atoms with van der Waals surface area (Å²) in [6.45, 7) is 11.7. The number of hydrogen-bond donors (Lipinski definition) is 0. The van der Waals surface area contributed by atoms with Gasteiger partial charge in [0.2, 0.25) is 4.52 Å². The van der Waals surface area contributed by atoms with E-state index in [1.165, 1.54) is 0 Å². The highest BCUT2D eigenvalue weighted by Gasteiger charge is 2.30. The third-order valence-electron chi connectivity index (χ3n) is 1.02. The molecule has 0 aromatic heterocycles. The SMILES string of the molecule is CCOCC.C[Si](C)(C)OC(Cl)(Cl)CCl. The average Bonchev–Trinajstić information content (AvgIpc) is 2.03. The van der Waals surface area contributed by atoms with E-state index < -0.39 is 12.8 Å². The van der Waals surface area contributed by atoms with Crippen LogP contribution in [0.2, 0.25) is 19.6 Å². The molecule has 0 aromatic carbocycles. The topological polar surface area (TPSA) is 18.5 Å². The Labute approximate surface area is 109 Å². The lowest BCUT2D eigenvalue weighted by Gasteiger charge is -2.26. The molecule has 0 N–H and O–H groups in total. The van der Waals surface area contributed by atoms with Crippen molar-refractivity contribution in [3.63, 3.8) is 0 Å². The normalized spacial score (nSPS) is 12.0. The lowest BCUT2D eigenvalue weighted by atomic mass is 10.8. The van der Waals surface area contributed by atoms with E-state index in [1.54, 1.807) is 0 Å². The summed E-state index contributed by atoms with van der Waals surface area (Å²) in [6.07, 6.45) is 0. The van der Waals surface area contributed by atoms with Crippen LogP contribution < -0.4 is 0 Å². The minimum Gasteiger partial charge on any atom is -0.387 e. The number of ether oxygens (including phenoxy) is 1. The maximum Gasteiger partial charge on any atom is 0.222 e. The van der Waals surface area contributed by atoms with Gasteiger partial charge in [-0.3, -0.25) is 0 Å². The van der Waals surface area contributed by atoms with Crippen LogP contribution in [0.5, 0.6) is 0 Å². The first-order valence-electron chi connectivity index (χ1n) is 4.90. The van der Waals surface area contributed by atoms with Crippen LogP contribution in [0.15, 0.2) is 0 Å². The maximum absolute atomic E-state index is 5.65. The lowest BCUT2D eigenvalue weighted by molar-refractivity contribution is 0.162. The molecule has 0 fully saturated rings. The van der Waals surface area contributed by atoms with Crippen molar-refractivity contribution in [1.29, 1.82) is 0 Å². The summed E-state index contributed by atoms with van der Waals surface area (Å²) in [5.74, 6) is 0.0976. The molecule has 0 saturated carbocycles. The van der Waals surface area contributed by atoms with Gasteiger partial charge in [0.25, 0.3) is 0 Å². The summed E-state index contributed by atoms with van der Waals surface area (Å²) >= 11 is 16.7. The third-order valence-corrected chi connectivity index (χ3v) is 3.31. The Morgan fingerprint density at radius 3 is 1.53 bits per heavy atom. The molecule has 6 heteroatoms. The zero-order valence-electron chi connectivity index (χ0n) is 10.1. The van der Waals surface area contributed by atoms with Crippen LogP contribution in [0.1, 0.15) is 13.8 Å². The molecule has 0 atom stereocenters. The fourth-order valence-corrected chi connectivity index (χ4v) is 3.18. The van der Waals surface area contributed by atoms with E-state index in [9.17, 15) is 0 Å². The predicted molar refractivity (Wildman–Crippen MR) is 71.8 cm³/mol. The van der Waals surface area contributed by atoms with Gasteiger partial charge in [-0.05, 0) is 33.5 Å². The van der Waals surface area contributed by atoms with Gasteiger partial charge >= 0.3 is 0 Å². The molecule has 0 heterocycles. The van der Waals surface area contributed by atoms with Crippen LogP contribution in [0, 0.1) is 0 Å². The second-order valence-corrected chi connectivity index (χ2v) is 9.88. The van der Waals surface area contributed by atoms with Gasteiger partial charge in [0.1, 0.15) is 0 Å². The van der Waals surface area contributed by atoms with Gasteiger partial charge in [0.05, 0.1) is 5.88 Å². The minimum absolute atomic E-state index is 0.0976. The molecule has 0 aromatic rings. The fourth-order valence-electron chi connectivity index (χ4n) is 0.679. The smallest absolute Gasteiger partial charge is 0.222 e. The highest BCUT2D eigenvalue weighted by atomic mass is 35.5. The number of halogens is 3. The number of hydrogen-bond acceptors (Lipinski definition) is 2. The second kappa shape index (κ2) is 9.08. The fraction of sp³-hybridized carbons (Fsp3) is 1.00. The zero-order chi connectivity index (χ0) is 12.5. The van der Waals surface area contributed by atoms with Gasteiger partial charge in [-0.1, -0.05) is 23.2 Å². The van der Waals surface area contributed by atoms with Crippen LogP contribution in [-0.4, -0.2) is 31.9 Å². The molecule has 2 nitrogen and oxygen atoms in total. The van der Waals surface area contributed by atoms with Gasteiger partial charge < -0.3 is 9.16 Å². The van der Waals surface area contributed by atoms with Crippen molar-refractivity contribution in [2.45, 2.75) is 38.0 Å². The van der Waals surface area contributed by atoms with E-state index in [1.807, 2.05) is 33.5 Å². The van der Waals surface area contributed by atoms with Crippen molar-refractivity contribution in [2.24, 2.45) is 0 Å². The van der Waals surface area contributed by atoms with Crippen molar-refractivity contribution in [1.82, 2.24) is 0 Å². The van der Waals surface area contributed by atoms with Crippen molar-refractivity contribution < 1.29 is 9.16 Å². The Morgan fingerprint density at radius 1 is 1.07 bits per heavy atom. The first kappa shape index (κ1) is 18.4. The van der Waals surface area contributed by atoms with Gasteiger partial charge in [-0.15, -0.1) is 11.6 Å². The standard InChI is InChI=1S/C5H11Cl3OSi.C4H10O/c1-10(2,3)9-5(7,8)4-6;1-3-5-4-2/h4H2,1-3H3;3-4H2,1-2H3. The van der Waals surface area contributed by atoms with Crippen LogP contribution in [0.3, 0.4) is 0 Å². The van der Waals surface area contributed by atoms with Gasteiger partial charge in [-0.2, -0.15) is 0 Å². The van der Waals surface area contributed by atoms with Crippen LogP contribution in [-0.2, 0) is 9.16 Å². The molecule has 94 valence electrons. The molecule has 0 aliphatic rings. The Kier molecular flexibility index (Phi) is 11.1. The molecule has 0 rings (SSSR count). The molecule has 0 radical (unpaired) electrons. The summed E-state index contributed by atoms with van der Waals surface area (Å²) in [6, 6.07) is 0. The molecular formula is C9H21Cl3O2Si. The van der Waals surface area contributed by atoms with E-state index in [2.05, 4.69) is 0 Å². The molecule has 0 amide bonds. The highest BCUT2D eigenvalue weighted by Crippen LogP contribution is 2.28. The molecule has 0 spiro atoms. The molecule has 0 bridgehead atoms.